The van der Waals surface area contributed by atoms with Crippen LogP contribution in [0.3, 0.4) is 0 Å². The van der Waals surface area contributed by atoms with E-state index < -0.39 is 0 Å². The Morgan fingerprint density at radius 1 is 1.00 bits per heavy atom. The molecule has 0 aromatic heterocycles. The van der Waals surface area contributed by atoms with Gasteiger partial charge in [-0.05, 0) is 65.4 Å². The zero-order chi connectivity index (χ0) is 16.8. The van der Waals surface area contributed by atoms with Gasteiger partial charge in [0.2, 0.25) is 0 Å². The van der Waals surface area contributed by atoms with E-state index in [2.05, 4.69) is 33.2 Å². The standard InChI is InChI=1S/C17H17IN2O3/c1-11-3-2-4-14(15(11)18)17(23)20-10-9-19-16(22)12-5-7-13(21)8-6-12/h2-8,21H,9-10H2,1H3,(H,19,22)(H,20,23). The molecule has 3 N–H and O–H groups in total. The molecule has 2 rings (SSSR count). The lowest BCUT2D eigenvalue weighted by atomic mass is 10.1. The Morgan fingerprint density at radius 2 is 1.61 bits per heavy atom. The first-order valence-electron chi connectivity index (χ1n) is 7.09. The van der Waals surface area contributed by atoms with E-state index in [4.69, 9.17) is 0 Å². The van der Waals surface area contributed by atoms with Crippen LogP contribution in [0.2, 0.25) is 0 Å². The van der Waals surface area contributed by atoms with Gasteiger partial charge in [-0.1, -0.05) is 12.1 Å². The highest BCUT2D eigenvalue weighted by Gasteiger charge is 2.11. The molecule has 0 bridgehead atoms. The molecule has 23 heavy (non-hydrogen) atoms. The van der Waals surface area contributed by atoms with Gasteiger partial charge < -0.3 is 15.7 Å². The highest BCUT2D eigenvalue weighted by atomic mass is 127. The van der Waals surface area contributed by atoms with Crippen molar-refractivity contribution in [3.63, 3.8) is 0 Å². The second-order valence-electron chi connectivity index (χ2n) is 5.00. The average Bonchev–Trinajstić information content (AvgIpc) is 2.54. The SMILES string of the molecule is Cc1cccc(C(=O)NCCNC(=O)c2ccc(O)cc2)c1I. The average molecular weight is 424 g/mol. The van der Waals surface area contributed by atoms with Crippen LogP contribution in [-0.4, -0.2) is 30.0 Å². The van der Waals surface area contributed by atoms with Crippen molar-refractivity contribution in [3.8, 4) is 5.75 Å². The fraction of sp³-hybridized carbons (Fsp3) is 0.176. The predicted octanol–water partition coefficient (Wildman–Crippen LogP) is 2.47. The Kier molecular flexibility index (Phi) is 5.97. The molecule has 2 aromatic carbocycles. The van der Waals surface area contributed by atoms with Gasteiger partial charge >= 0.3 is 0 Å². The van der Waals surface area contributed by atoms with Gasteiger partial charge in [-0.3, -0.25) is 9.59 Å². The molecule has 0 saturated carbocycles. The topological polar surface area (TPSA) is 78.4 Å². The number of amides is 2. The molecule has 0 aliphatic heterocycles. The van der Waals surface area contributed by atoms with Crippen LogP contribution in [0.15, 0.2) is 42.5 Å². The third-order valence-electron chi connectivity index (χ3n) is 3.26. The Bertz CT molecular complexity index is 714. The summed E-state index contributed by atoms with van der Waals surface area (Å²) in [4.78, 5) is 24.0. The maximum Gasteiger partial charge on any atom is 0.252 e. The van der Waals surface area contributed by atoms with Crippen molar-refractivity contribution in [1.29, 1.82) is 0 Å². The zero-order valence-corrected chi connectivity index (χ0v) is 14.8. The molecule has 2 amide bonds. The monoisotopic (exact) mass is 424 g/mol. The number of aromatic hydroxyl groups is 1. The van der Waals surface area contributed by atoms with Gasteiger partial charge in [0.25, 0.3) is 11.8 Å². The Hall–Kier alpha value is -2.09. The van der Waals surface area contributed by atoms with Crippen LogP contribution < -0.4 is 10.6 Å². The molecule has 120 valence electrons. The van der Waals surface area contributed by atoms with Gasteiger partial charge in [0.15, 0.2) is 0 Å². The van der Waals surface area contributed by atoms with E-state index >= 15 is 0 Å². The van der Waals surface area contributed by atoms with Crippen LogP contribution in [0.4, 0.5) is 0 Å². The summed E-state index contributed by atoms with van der Waals surface area (Å²) in [5, 5.41) is 14.7. The fourth-order valence-electron chi connectivity index (χ4n) is 1.98. The first-order valence-corrected chi connectivity index (χ1v) is 8.17. The van der Waals surface area contributed by atoms with E-state index in [1.165, 1.54) is 12.1 Å². The molecule has 0 aliphatic rings. The first kappa shape index (κ1) is 17.3. The summed E-state index contributed by atoms with van der Waals surface area (Å²) in [5.74, 6) is -0.289. The lowest BCUT2D eigenvalue weighted by Crippen LogP contribution is -2.35. The molecule has 0 heterocycles. The Balaban J connectivity index is 1.81. The van der Waals surface area contributed by atoms with Gasteiger partial charge in [-0.2, -0.15) is 0 Å². The number of carbonyl (C=O) groups is 2. The van der Waals surface area contributed by atoms with Crippen LogP contribution in [-0.2, 0) is 0 Å². The molecule has 0 fully saturated rings. The van der Waals surface area contributed by atoms with Crippen LogP contribution >= 0.6 is 22.6 Å². The number of hydrogen-bond donors (Lipinski definition) is 3. The number of carbonyl (C=O) groups excluding carboxylic acids is 2. The van der Waals surface area contributed by atoms with Gasteiger partial charge in [0.05, 0.1) is 5.56 Å². The summed E-state index contributed by atoms with van der Waals surface area (Å²) >= 11 is 2.15. The lowest BCUT2D eigenvalue weighted by molar-refractivity contribution is 0.0927. The zero-order valence-electron chi connectivity index (χ0n) is 12.6. The van der Waals surface area contributed by atoms with E-state index in [1.54, 1.807) is 18.2 Å². The second kappa shape index (κ2) is 7.96. The van der Waals surface area contributed by atoms with E-state index in [0.29, 0.717) is 24.2 Å². The Morgan fingerprint density at radius 3 is 2.26 bits per heavy atom. The van der Waals surface area contributed by atoms with Gasteiger partial charge in [0, 0.05) is 22.2 Å². The van der Waals surface area contributed by atoms with Crippen LogP contribution in [0, 0.1) is 10.5 Å². The fourth-order valence-corrected chi connectivity index (χ4v) is 2.59. The van der Waals surface area contributed by atoms with Crippen LogP contribution in [0.25, 0.3) is 0 Å². The van der Waals surface area contributed by atoms with Crippen LogP contribution in [0.5, 0.6) is 5.75 Å². The van der Waals surface area contributed by atoms with Crippen molar-refractivity contribution in [1.82, 2.24) is 10.6 Å². The molecular weight excluding hydrogens is 407 g/mol. The molecule has 0 atom stereocenters. The van der Waals surface area contributed by atoms with Crippen LogP contribution in [0.1, 0.15) is 26.3 Å². The van der Waals surface area contributed by atoms with E-state index in [9.17, 15) is 14.7 Å². The number of phenolic OH excluding ortho intramolecular Hbond substituents is 1. The van der Waals surface area contributed by atoms with Crippen molar-refractivity contribution >= 4 is 34.4 Å². The highest BCUT2D eigenvalue weighted by Crippen LogP contribution is 2.16. The van der Waals surface area contributed by atoms with E-state index in [-0.39, 0.29) is 17.6 Å². The summed E-state index contributed by atoms with van der Waals surface area (Å²) in [5.41, 5.74) is 2.15. The predicted molar refractivity (Wildman–Crippen MR) is 96.7 cm³/mol. The number of aryl methyl sites for hydroxylation is 1. The number of halogens is 1. The largest absolute Gasteiger partial charge is 0.508 e. The first-order chi connectivity index (χ1) is 11.0. The van der Waals surface area contributed by atoms with E-state index in [0.717, 1.165) is 9.13 Å². The quantitative estimate of drug-likeness (QED) is 0.510. The summed E-state index contributed by atoms with van der Waals surface area (Å²) in [6.07, 6.45) is 0. The van der Waals surface area contributed by atoms with Crippen molar-refractivity contribution in [2.75, 3.05) is 13.1 Å². The van der Waals surface area contributed by atoms with Gasteiger partial charge in [0.1, 0.15) is 5.75 Å². The number of phenols is 1. The van der Waals surface area contributed by atoms with Gasteiger partial charge in [-0.25, -0.2) is 0 Å². The second-order valence-corrected chi connectivity index (χ2v) is 6.07. The highest BCUT2D eigenvalue weighted by molar-refractivity contribution is 14.1. The smallest absolute Gasteiger partial charge is 0.252 e. The number of hydrogen-bond acceptors (Lipinski definition) is 3. The molecule has 0 radical (unpaired) electrons. The van der Waals surface area contributed by atoms with Crippen molar-refractivity contribution in [3.05, 3.63) is 62.7 Å². The molecule has 2 aromatic rings. The maximum absolute atomic E-state index is 12.1. The summed E-state index contributed by atoms with van der Waals surface area (Å²) < 4.78 is 0.927. The Labute approximate surface area is 148 Å². The minimum atomic E-state index is -0.246. The molecule has 5 nitrogen and oxygen atoms in total. The third kappa shape index (κ3) is 4.69. The normalized spacial score (nSPS) is 10.2. The molecule has 0 aliphatic carbocycles. The summed E-state index contributed by atoms with van der Waals surface area (Å²) in [7, 11) is 0. The molecule has 0 saturated heterocycles. The number of rotatable bonds is 5. The number of benzene rings is 2. The minimum absolute atomic E-state index is 0.113. The lowest BCUT2D eigenvalue weighted by Gasteiger charge is -2.09. The minimum Gasteiger partial charge on any atom is -0.508 e. The van der Waals surface area contributed by atoms with Crippen molar-refractivity contribution in [2.24, 2.45) is 0 Å². The van der Waals surface area contributed by atoms with Gasteiger partial charge in [-0.15, -0.1) is 0 Å². The third-order valence-corrected chi connectivity index (χ3v) is 4.69. The van der Waals surface area contributed by atoms with E-state index in [1.807, 2.05) is 19.1 Å². The van der Waals surface area contributed by atoms with Crippen molar-refractivity contribution in [2.45, 2.75) is 6.92 Å². The molecule has 6 heteroatoms. The maximum atomic E-state index is 12.1. The summed E-state index contributed by atoms with van der Waals surface area (Å²) in [6, 6.07) is 11.6. The summed E-state index contributed by atoms with van der Waals surface area (Å²) in [6.45, 7) is 2.62. The number of nitrogens with one attached hydrogen (secondary N) is 2. The molecular formula is C17H17IN2O3. The molecule has 0 spiro atoms. The van der Waals surface area contributed by atoms with Crippen molar-refractivity contribution < 1.29 is 14.7 Å². The molecule has 0 unspecified atom stereocenters.